The van der Waals surface area contributed by atoms with Crippen LogP contribution in [-0.2, 0) is 9.59 Å². The number of nitro benzene ring substituents is 1. The highest BCUT2D eigenvalue weighted by molar-refractivity contribution is 6.01. The number of nitrogens with one attached hydrogen (secondary N) is 1. The minimum absolute atomic E-state index is 0.128. The lowest BCUT2D eigenvalue weighted by molar-refractivity contribution is -0.385. The van der Waals surface area contributed by atoms with Gasteiger partial charge >= 0.3 is 0 Å². The van der Waals surface area contributed by atoms with Crippen LogP contribution in [0.2, 0.25) is 0 Å². The van der Waals surface area contributed by atoms with Crippen LogP contribution in [0.1, 0.15) is 22.3 Å². The molecule has 2 fully saturated rings. The average molecular weight is 466 g/mol. The lowest BCUT2D eigenvalue weighted by atomic mass is 10.0. The number of nitrogens with zero attached hydrogens (tertiary/aromatic N) is 4. The standard InChI is InChI=1S/C24H27N5O5/c1-17-19(8-5-9-20(17)29(33)34)24(32)28-11-10-25-23(31)21(28)16-22(30)27-14-12-26(13-15-27)18-6-3-2-4-7-18/h2-9,21H,10-16H2,1H3,(H,25,31)/t21-/m0/s1. The first kappa shape index (κ1) is 23.2. The van der Waals surface area contributed by atoms with Crippen molar-refractivity contribution in [1.29, 1.82) is 0 Å². The summed E-state index contributed by atoms with van der Waals surface area (Å²) < 4.78 is 0. The van der Waals surface area contributed by atoms with Crippen molar-refractivity contribution in [2.75, 3.05) is 44.2 Å². The summed E-state index contributed by atoms with van der Waals surface area (Å²) in [4.78, 5) is 55.1. The Labute approximate surface area is 197 Å². The van der Waals surface area contributed by atoms with Gasteiger partial charge in [-0.25, -0.2) is 0 Å². The minimum atomic E-state index is -0.959. The number of piperazine rings is 2. The molecule has 1 N–H and O–H groups in total. The van der Waals surface area contributed by atoms with Crippen molar-refractivity contribution in [2.45, 2.75) is 19.4 Å². The first-order chi connectivity index (χ1) is 16.4. The molecule has 0 unspecified atom stereocenters. The van der Waals surface area contributed by atoms with Crippen molar-refractivity contribution in [3.8, 4) is 0 Å². The highest BCUT2D eigenvalue weighted by Gasteiger charge is 2.37. The van der Waals surface area contributed by atoms with Gasteiger partial charge in [0.1, 0.15) is 6.04 Å². The number of carbonyl (C=O) groups excluding carboxylic acids is 3. The van der Waals surface area contributed by atoms with Gasteiger partial charge in [-0.2, -0.15) is 0 Å². The topological polar surface area (TPSA) is 116 Å². The molecule has 0 aromatic heterocycles. The number of benzene rings is 2. The molecule has 3 amide bonds. The van der Waals surface area contributed by atoms with Crippen molar-refractivity contribution in [1.82, 2.24) is 15.1 Å². The lowest BCUT2D eigenvalue weighted by Crippen LogP contribution is -2.59. The van der Waals surface area contributed by atoms with E-state index in [9.17, 15) is 24.5 Å². The molecule has 178 valence electrons. The van der Waals surface area contributed by atoms with Crippen LogP contribution >= 0.6 is 0 Å². The molecular formula is C24H27N5O5. The SMILES string of the molecule is Cc1c(C(=O)N2CCNC(=O)[C@@H]2CC(=O)N2CCN(c3ccccc3)CC2)cccc1[N+](=O)[O-]. The fourth-order valence-corrected chi connectivity index (χ4v) is 4.52. The second-order valence-electron chi connectivity index (χ2n) is 8.42. The van der Waals surface area contributed by atoms with Gasteiger partial charge in [0.05, 0.1) is 11.3 Å². The molecule has 0 saturated carbocycles. The Morgan fingerprint density at radius 1 is 1.03 bits per heavy atom. The maximum absolute atomic E-state index is 13.3. The lowest BCUT2D eigenvalue weighted by Gasteiger charge is -2.39. The highest BCUT2D eigenvalue weighted by atomic mass is 16.6. The van der Waals surface area contributed by atoms with E-state index in [1.807, 2.05) is 30.3 Å². The molecule has 2 aromatic carbocycles. The van der Waals surface area contributed by atoms with E-state index in [4.69, 9.17) is 0 Å². The van der Waals surface area contributed by atoms with Gasteiger partial charge in [-0.05, 0) is 25.1 Å². The number of para-hydroxylation sites is 1. The molecule has 0 bridgehead atoms. The van der Waals surface area contributed by atoms with E-state index >= 15 is 0 Å². The van der Waals surface area contributed by atoms with Crippen LogP contribution in [0, 0.1) is 17.0 Å². The zero-order chi connectivity index (χ0) is 24.2. The largest absolute Gasteiger partial charge is 0.368 e. The molecule has 0 spiro atoms. The van der Waals surface area contributed by atoms with Crippen LogP contribution in [0.3, 0.4) is 0 Å². The summed E-state index contributed by atoms with van der Waals surface area (Å²) in [5.74, 6) is -1.06. The number of anilines is 1. The van der Waals surface area contributed by atoms with Gasteiger partial charge in [-0.15, -0.1) is 0 Å². The van der Waals surface area contributed by atoms with Crippen LogP contribution in [0.4, 0.5) is 11.4 Å². The van der Waals surface area contributed by atoms with Gasteiger partial charge in [0, 0.05) is 62.1 Å². The Hall–Kier alpha value is -3.95. The Morgan fingerprint density at radius 2 is 1.74 bits per heavy atom. The first-order valence-corrected chi connectivity index (χ1v) is 11.3. The van der Waals surface area contributed by atoms with Crippen molar-refractivity contribution in [3.63, 3.8) is 0 Å². The zero-order valence-corrected chi connectivity index (χ0v) is 19.0. The van der Waals surface area contributed by atoms with E-state index in [1.165, 1.54) is 30.0 Å². The van der Waals surface area contributed by atoms with Crippen molar-refractivity contribution >= 4 is 29.1 Å². The summed E-state index contributed by atoms with van der Waals surface area (Å²) in [6.07, 6.45) is -0.128. The Balaban J connectivity index is 1.45. The van der Waals surface area contributed by atoms with Gasteiger partial charge in [-0.3, -0.25) is 24.5 Å². The number of hydrogen-bond donors (Lipinski definition) is 1. The Morgan fingerprint density at radius 3 is 2.41 bits per heavy atom. The molecule has 2 saturated heterocycles. The van der Waals surface area contributed by atoms with E-state index in [0.29, 0.717) is 26.2 Å². The second kappa shape index (κ2) is 9.90. The number of carbonyl (C=O) groups is 3. The molecule has 2 heterocycles. The molecular weight excluding hydrogens is 438 g/mol. The number of rotatable bonds is 5. The third-order valence-corrected chi connectivity index (χ3v) is 6.45. The minimum Gasteiger partial charge on any atom is -0.368 e. The van der Waals surface area contributed by atoms with Crippen molar-refractivity contribution < 1.29 is 19.3 Å². The van der Waals surface area contributed by atoms with Crippen LogP contribution < -0.4 is 10.2 Å². The summed E-state index contributed by atoms with van der Waals surface area (Å²) in [6.45, 7) is 4.43. The normalized spacial score (nSPS) is 18.4. The van der Waals surface area contributed by atoms with E-state index in [0.717, 1.165) is 5.69 Å². The molecule has 4 rings (SSSR count). The molecule has 2 aromatic rings. The third-order valence-electron chi connectivity index (χ3n) is 6.45. The zero-order valence-electron chi connectivity index (χ0n) is 19.0. The molecule has 2 aliphatic rings. The van der Waals surface area contributed by atoms with E-state index in [-0.39, 0.29) is 48.1 Å². The summed E-state index contributed by atoms with van der Waals surface area (Å²) in [6, 6.07) is 13.3. The molecule has 2 aliphatic heterocycles. The summed E-state index contributed by atoms with van der Waals surface area (Å²) in [5.41, 5.74) is 1.35. The van der Waals surface area contributed by atoms with E-state index in [1.54, 1.807) is 4.90 Å². The number of hydrogen-bond acceptors (Lipinski definition) is 6. The van der Waals surface area contributed by atoms with Gasteiger partial charge in [-0.1, -0.05) is 24.3 Å². The second-order valence-corrected chi connectivity index (χ2v) is 8.42. The quantitative estimate of drug-likeness (QED) is 0.530. The molecule has 10 heteroatoms. The maximum atomic E-state index is 13.3. The predicted molar refractivity (Wildman–Crippen MR) is 126 cm³/mol. The third kappa shape index (κ3) is 4.70. The monoisotopic (exact) mass is 465 g/mol. The van der Waals surface area contributed by atoms with Crippen LogP contribution in [0.5, 0.6) is 0 Å². The summed E-state index contributed by atoms with van der Waals surface area (Å²) >= 11 is 0. The molecule has 0 radical (unpaired) electrons. The molecule has 1 atom stereocenters. The fraction of sp³-hybridized carbons (Fsp3) is 0.375. The van der Waals surface area contributed by atoms with Crippen LogP contribution in [0.15, 0.2) is 48.5 Å². The van der Waals surface area contributed by atoms with Crippen molar-refractivity contribution in [3.05, 3.63) is 69.8 Å². The van der Waals surface area contributed by atoms with Crippen LogP contribution in [0.25, 0.3) is 0 Å². The molecule has 0 aliphatic carbocycles. The first-order valence-electron chi connectivity index (χ1n) is 11.3. The summed E-state index contributed by atoms with van der Waals surface area (Å²) in [7, 11) is 0. The molecule has 34 heavy (non-hydrogen) atoms. The van der Waals surface area contributed by atoms with E-state index < -0.39 is 16.9 Å². The van der Waals surface area contributed by atoms with E-state index in [2.05, 4.69) is 10.2 Å². The maximum Gasteiger partial charge on any atom is 0.273 e. The van der Waals surface area contributed by atoms with Crippen molar-refractivity contribution in [2.24, 2.45) is 0 Å². The van der Waals surface area contributed by atoms with Gasteiger partial charge < -0.3 is 20.0 Å². The fourth-order valence-electron chi connectivity index (χ4n) is 4.52. The number of amides is 3. The van der Waals surface area contributed by atoms with Gasteiger partial charge in [0.2, 0.25) is 11.8 Å². The smallest absolute Gasteiger partial charge is 0.273 e. The number of nitro groups is 1. The van der Waals surface area contributed by atoms with Crippen LogP contribution in [-0.4, -0.2) is 77.8 Å². The summed E-state index contributed by atoms with van der Waals surface area (Å²) in [5, 5.41) is 14.0. The van der Waals surface area contributed by atoms with Gasteiger partial charge in [0.25, 0.3) is 11.6 Å². The Bertz CT molecular complexity index is 1100. The average Bonchev–Trinajstić information content (AvgIpc) is 2.85. The predicted octanol–water partition coefficient (Wildman–Crippen LogP) is 1.58. The highest BCUT2D eigenvalue weighted by Crippen LogP contribution is 2.24. The molecule has 10 nitrogen and oxygen atoms in total. The Kier molecular flexibility index (Phi) is 6.76. The van der Waals surface area contributed by atoms with Gasteiger partial charge in [0.15, 0.2) is 0 Å².